The first-order valence-electron chi connectivity index (χ1n) is 10.8. The molecule has 0 aliphatic carbocycles. The predicted octanol–water partition coefficient (Wildman–Crippen LogP) is 3.09. The van der Waals surface area contributed by atoms with Gasteiger partial charge in [-0.1, -0.05) is 12.1 Å². The molecule has 32 heavy (non-hydrogen) atoms. The lowest BCUT2D eigenvalue weighted by molar-refractivity contribution is -0.000473. The molecule has 1 aliphatic rings. The first-order chi connectivity index (χ1) is 15.8. The lowest BCUT2D eigenvalue weighted by Crippen LogP contribution is -2.40. The van der Waals surface area contributed by atoms with E-state index in [-0.39, 0.29) is 12.0 Å². The Morgan fingerprint density at radius 2 is 1.94 bits per heavy atom. The zero-order valence-electron chi connectivity index (χ0n) is 17.7. The first kappa shape index (κ1) is 20.3. The van der Waals surface area contributed by atoms with E-state index in [1.165, 1.54) is 0 Å². The molecule has 1 aliphatic heterocycles. The molecule has 4 aromatic heterocycles. The summed E-state index contributed by atoms with van der Waals surface area (Å²) < 4.78 is 7.95. The monoisotopic (exact) mass is 428 g/mol. The van der Waals surface area contributed by atoms with Crippen LogP contribution in [-0.4, -0.2) is 54.5 Å². The molecule has 0 aromatic carbocycles. The molecule has 0 atom stereocenters. The summed E-state index contributed by atoms with van der Waals surface area (Å²) >= 11 is 0. The second-order valence-corrected chi connectivity index (χ2v) is 7.92. The minimum atomic E-state index is -0.00983. The maximum absolute atomic E-state index is 13.0. The molecular weight excluding hydrogens is 404 g/mol. The number of fused-ring (bicyclic) bond motifs is 1. The van der Waals surface area contributed by atoms with E-state index in [0.29, 0.717) is 37.3 Å². The van der Waals surface area contributed by atoms with Gasteiger partial charge in [0.1, 0.15) is 5.52 Å². The number of aromatic nitrogens is 5. The van der Waals surface area contributed by atoms with Gasteiger partial charge in [-0.2, -0.15) is 0 Å². The number of rotatable bonds is 6. The smallest absolute Gasteiger partial charge is 0.255 e. The van der Waals surface area contributed by atoms with Crippen molar-refractivity contribution in [2.24, 2.45) is 0 Å². The van der Waals surface area contributed by atoms with Gasteiger partial charge in [-0.05, 0) is 42.7 Å². The van der Waals surface area contributed by atoms with Crippen LogP contribution < -0.4 is 0 Å². The number of pyridine rings is 3. The van der Waals surface area contributed by atoms with E-state index in [1.54, 1.807) is 24.9 Å². The number of hydrogen-bond donors (Lipinski definition) is 0. The Morgan fingerprint density at radius 3 is 2.72 bits per heavy atom. The molecule has 4 aromatic rings. The summed E-state index contributed by atoms with van der Waals surface area (Å²) in [7, 11) is 0. The highest BCUT2D eigenvalue weighted by atomic mass is 16.5. The molecule has 0 radical (unpaired) electrons. The highest BCUT2D eigenvalue weighted by molar-refractivity contribution is 5.96. The standard InChI is InChI=1S/C24H24N6O2/c31-24(29-10-6-21(7-11-29)32-16-18-4-3-8-25-13-18)19-12-22-23(27-14-19)30(17-28-22)15-20-5-1-2-9-26-20/h1-5,8-9,12-14,17,21H,6-7,10-11,15-16H2. The molecule has 0 saturated carbocycles. The van der Waals surface area contributed by atoms with Crippen molar-refractivity contribution in [1.82, 2.24) is 29.4 Å². The Bertz CT molecular complexity index is 1190. The van der Waals surface area contributed by atoms with E-state index in [0.717, 1.165) is 29.7 Å². The number of ether oxygens (including phenoxy) is 1. The molecule has 162 valence electrons. The van der Waals surface area contributed by atoms with Gasteiger partial charge in [0.05, 0.1) is 36.8 Å². The molecule has 0 N–H and O–H groups in total. The third-order valence-corrected chi connectivity index (χ3v) is 5.70. The fourth-order valence-corrected chi connectivity index (χ4v) is 3.95. The summed E-state index contributed by atoms with van der Waals surface area (Å²) in [5.74, 6) is -0.00983. The zero-order valence-corrected chi connectivity index (χ0v) is 17.7. The zero-order chi connectivity index (χ0) is 21.8. The molecule has 8 nitrogen and oxygen atoms in total. The van der Waals surface area contributed by atoms with Gasteiger partial charge in [-0.15, -0.1) is 0 Å². The molecule has 1 amide bonds. The Morgan fingerprint density at radius 1 is 1.03 bits per heavy atom. The van der Waals surface area contributed by atoms with Crippen LogP contribution in [-0.2, 0) is 17.9 Å². The van der Waals surface area contributed by atoms with Gasteiger partial charge in [0.25, 0.3) is 5.91 Å². The van der Waals surface area contributed by atoms with Gasteiger partial charge in [0, 0.05) is 37.9 Å². The molecule has 0 bridgehead atoms. The van der Waals surface area contributed by atoms with Crippen LogP contribution in [0.25, 0.3) is 11.2 Å². The summed E-state index contributed by atoms with van der Waals surface area (Å²) in [6, 6.07) is 11.6. The predicted molar refractivity (Wildman–Crippen MR) is 119 cm³/mol. The number of nitrogens with zero attached hydrogens (tertiary/aromatic N) is 6. The van der Waals surface area contributed by atoms with Crippen molar-refractivity contribution in [3.63, 3.8) is 0 Å². The number of amides is 1. The quantitative estimate of drug-likeness (QED) is 0.469. The van der Waals surface area contributed by atoms with E-state index in [1.807, 2.05) is 52.1 Å². The van der Waals surface area contributed by atoms with Crippen LogP contribution in [0.3, 0.4) is 0 Å². The summed E-state index contributed by atoms with van der Waals surface area (Å²) in [5.41, 5.74) is 4.02. The van der Waals surface area contributed by atoms with Crippen LogP contribution in [0.1, 0.15) is 34.5 Å². The normalized spacial score (nSPS) is 14.7. The maximum Gasteiger partial charge on any atom is 0.255 e. The van der Waals surface area contributed by atoms with Gasteiger partial charge in [0.2, 0.25) is 0 Å². The maximum atomic E-state index is 13.0. The average molecular weight is 428 g/mol. The van der Waals surface area contributed by atoms with Crippen molar-refractivity contribution in [2.45, 2.75) is 32.1 Å². The fraction of sp³-hybridized carbons (Fsp3) is 0.292. The van der Waals surface area contributed by atoms with Crippen molar-refractivity contribution in [3.05, 3.63) is 84.3 Å². The molecule has 5 rings (SSSR count). The number of carbonyl (C=O) groups excluding carboxylic acids is 1. The van der Waals surface area contributed by atoms with Crippen LogP contribution in [0.15, 0.2) is 67.5 Å². The Hall–Kier alpha value is -3.65. The van der Waals surface area contributed by atoms with Crippen molar-refractivity contribution in [1.29, 1.82) is 0 Å². The highest BCUT2D eigenvalue weighted by Crippen LogP contribution is 2.19. The lowest BCUT2D eigenvalue weighted by atomic mass is 10.1. The molecule has 8 heteroatoms. The molecular formula is C24H24N6O2. The molecule has 0 unspecified atom stereocenters. The Labute approximate surface area is 185 Å². The SMILES string of the molecule is O=C(c1cnc2c(c1)ncn2Cc1ccccn1)N1CCC(OCc2cccnc2)CC1. The van der Waals surface area contributed by atoms with Crippen molar-refractivity contribution in [2.75, 3.05) is 13.1 Å². The minimum absolute atomic E-state index is 0.00983. The van der Waals surface area contributed by atoms with Crippen LogP contribution in [0.5, 0.6) is 0 Å². The van der Waals surface area contributed by atoms with Crippen molar-refractivity contribution < 1.29 is 9.53 Å². The minimum Gasteiger partial charge on any atom is -0.373 e. The Balaban J connectivity index is 1.20. The van der Waals surface area contributed by atoms with E-state index in [4.69, 9.17) is 4.74 Å². The average Bonchev–Trinajstić information content (AvgIpc) is 3.26. The van der Waals surface area contributed by atoms with Crippen molar-refractivity contribution in [3.8, 4) is 0 Å². The molecule has 1 saturated heterocycles. The van der Waals surface area contributed by atoms with E-state index in [9.17, 15) is 4.79 Å². The highest BCUT2D eigenvalue weighted by Gasteiger charge is 2.25. The summed E-state index contributed by atoms with van der Waals surface area (Å²) in [6.07, 6.45) is 10.5. The van der Waals surface area contributed by atoms with Crippen LogP contribution in [0.4, 0.5) is 0 Å². The second-order valence-electron chi connectivity index (χ2n) is 7.92. The fourth-order valence-electron chi connectivity index (χ4n) is 3.95. The number of likely N-dealkylation sites (tertiary alicyclic amines) is 1. The first-order valence-corrected chi connectivity index (χ1v) is 10.8. The third-order valence-electron chi connectivity index (χ3n) is 5.70. The topological polar surface area (TPSA) is 86.0 Å². The molecule has 0 spiro atoms. The van der Waals surface area contributed by atoms with Gasteiger partial charge >= 0.3 is 0 Å². The van der Waals surface area contributed by atoms with Gasteiger partial charge < -0.3 is 14.2 Å². The number of imidazole rings is 1. The Kier molecular flexibility index (Phi) is 5.85. The van der Waals surface area contributed by atoms with Crippen LogP contribution in [0, 0.1) is 0 Å². The molecule has 1 fully saturated rings. The summed E-state index contributed by atoms with van der Waals surface area (Å²) in [5, 5.41) is 0. The lowest BCUT2D eigenvalue weighted by Gasteiger charge is -2.32. The van der Waals surface area contributed by atoms with E-state index < -0.39 is 0 Å². The van der Waals surface area contributed by atoms with Gasteiger partial charge in [-0.25, -0.2) is 9.97 Å². The summed E-state index contributed by atoms with van der Waals surface area (Å²) in [6.45, 7) is 2.48. The van der Waals surface area contributed by atoms with Crippen LogP contribution in [0.2, 0.25) is 0 Å². The van der Waals surface area contributed by atoms with E-state index in [2.05, 4.69) is 19.9 Å². The number of hydrogen-bond acceptors (Lipinski definition) is 6. The van der Waals surface area contributed by atoms with E-state index >= 15 is 0 Å². The largest absolute Gasteiger partial charge is 0.373 e. The third kappa shape index (κ3) is 4.50. The molecule has 5 heterocycles. The summed E-state index contributed by atoms with van der Waals surface area (Å²) in [4.78, 5) is 32.3. The van der Waals surface area contributed by atoms with Gasteiger partial charge in [0.15, 0.2) is 5.65 Å². The van der Waals surface area contributed by atoms with Crippen molar-refractivity contribution >= 4 is 17.1 Å². The second kappa shape index (κ2) is 9.23. The van der Waals surface area contributed by atoms with Gasteiger partial charge in [-0.3, -0.25) is 14.8 Å². The number of carbonyl (C=O) groups is 1. The van der Waals surface area contributed by atoms with Crippen LogP contribution >= 0.6 is 0 Å². The number of piperidine rings is 1.